The summed E-state index contributed by atoms with van der Waals surface area (Å²) in [4.78, 5) is 13.2. The molecule has 1 heterocycles. The van der Waals surface area contributed by atoms with Crippen molar-refractivity contribution in [2.24, 2.45) is 0 Å². The number of hydrogen-bond donors (Lipinski definition) is 1. The largest absolute Gasteiger partial charge is 0.287 e. The predicted molar refractivity (Wildman–Crippen MR) is 87.1 cm³/mol. The van der Waals surface area contributed by atoms with Crippen LogP contribution >= 0.6 is 0 Å². The topological polar surface area (TPSA) is 94.0 Å². The molecule has 0 atom stereocenters. The zero-order chi connectivity index (χ0) is 18.0. The monoisotopic (exact) mass is 360 g/mol. The number of nitrogens with one attached hydrogen (secondary N) is 1. The summed E-state index contributed by atoms with van der Waals surface area (Å²) in [5, 5.41) is 7.79. The molecule has 7 nitrogen and oxygen atoms in total. The van der Waals surface area contributed by atoms with E-state index in [2.05, 4.69) is 10.2 Å². The molecule has 0 unspecified atom stereocenters. The highest BCUT2D eigenvalue weighted by molar-refractivity contribution is 7.90. The molecule has 2 aromatic carbocycles. The third-order valence-electron chi connectivity index (χ3n) is 3.34. The first-order valence-corrected chi connectivity index (χ1v) is 8.65. The van der Waals surface area contributed by atoms with Crippen LogP contribution in [0.4, 0.5) is 4.39 Å². The van der Waals surface area contributed by atoms with Crippen molar-refractivity contribution in [2.75, 3.05) is 0 Å². The van der Waals surface area contributed by atoms with Gasteiger partial charge >= 0.3 is 0 Å². The van der Waals surface area contributed by atoms with E-state index in [-0.39, 0.29) is 10.6 Å². The van der Waals surface area contributed by atoms with Crippen LogP contribution in [0.25, 0.3) is 5.69 Å². The maximum absolute atomic E-state index is 12.9. The summed E-state index contributed by atoms with van der Waals surface area (Å²) in [6, 6.07) is 11.4. The van der Waals surface area contributed by atoms with Gasteiger partial charge in [-0.15, -0.1) is 5.10 Å². The van der Waals surface area contributed by atoms with Gasteiger partial charge in [0.25, 0.3) is 15.9 Å². The number of sulfonamides is 1. The van der Waals surface area contributed by atoms with E-state index in [1.54, 1.807) is 12.1 Å². The minimum atomic E-state index is -4.01. The van der Waals surface area contributed by atoms with Crippen LogP contribution < -0.4 is 4.72 Å². The van der Waals surface area contributed by atoms with Gasteiger partial charge in [0, 0.05) is 0 Å². The van der Waals surface area contributed by atoms with Gasteiger partial charge in [-0.2, -0.15) is 9.90 Å². The number of carbonyl (C=O) groups is 1. The Morgan fingerprint density at radius 2 is 1.72 bits per heavy atom. The Morgan fingerprint density at radius 3 is 2.36 bits per heavy atom. The number of carbonyl (C=O) groups excluding carboxylic acids is 1. The molecule has 0 aliphatic carbocycles. The van der Waals surface area contributed by atoms with Crippen molar-refractivity contribution in [3.8, 4) is 5.69 Å². The maximum atomic E-state index is 12.9. The number of rotatable bonds is 4. The van der Waals surface area contributed by atoms with Gasteiger partial charge in [-0.05, 0) is 43.3 Å². The Labute approximate surface area is 143 Å². The molecule has 25 heavy (non-hydrogen) atoms. The third kappa shape index (κ3) is 3.72. The van der Waals surface area contributed by atoms with Crippen LogP contribution in [0, 0.1) is 12.7 Å². The van der Waals surface area contributed by atoms with Crippen molar-refractivity contribution >= 4 is 15.9 Å². The van der Waals surface area contributed by atoms with E-state index in [1.807, 2.05) is 11.6 Å². The highest BCUT2D eigenvalue weighted by Crippen LogP contribution is 2.11. The molecule has 0 radical (unpaired) electrons. The van der Waals surface area contributed by atoms with Crippen LogP contribution in [0.3, 0.4) is 0 Å². The van der Waals surface area contributed by atoms with E-state index in [9.17, 15) is 17.6 Å². The normalized spacial score (nSPS) is 11.3. The van der Waals surface area contributed by atoms with Crippen LogP contribution in [0.15, 0.2) is 59.6 Å². The fourth-order valence-corrected chi connectivity index (χ4v) is 2.98. The van der Waals surface area contributed by atoms with Crippen LogP contribution in [0.2, 0.25) is 0 Å². The average molecular weight is 360 g/mol. The molecule has 0 aliphatic rings. The molecule has 0 saturated carbocycles. The second-order valence-corrected chi connectivity index (χ2v) is 6.93. The highest BCUT2D eigenvalue weighted by Gasteiger charge is 2.20. The second-order valence-electron chi connectivity index (χ2n) is 5.24. The van der Waals surface area contributed by atoms with Crippen molar-refractivity contribution in [3.05, 3.63) is 71.8 Å². The molecule has 0 fully saturated rings. The Kier molecular flexibility index (Phi) is 4.32. The Hall–Kier alpha value is -3.07. The number of hydrogen-bond acceptors (Lipinski definition) is 5. The average Bonchev–Trinajstić information content (AvgIpc) is 3.06. The SMILES string of the molecule is Cc1ccc(S(=O)(=O)NC(=O)c2cnn(-c3ccc(F)cc3)n2)cc1. The Bertz CT molecular complexity index is 1010. The van der Waals surface area contributed by atoms with E-state index in [4.69, 9.17) is 0 Å². The quantitative estimate of drug-likeness (QED) is 0.766. The Balaban J connectivity index is 1.80. The molecule has 3 aromatic rings. The number of aromatic nitrogens is 3. The fourth-order valence-electron chi connectivity index (χ4n) is 2.02. The zero-order valence-electron chi connectivity index (χ0n) is 13.0. The van der Waals surface area contributed by atoms with Gasteiger partial charge < -0.3 is 0 Å². The first-order valence-electron chi connectivity index (χ1n) is 7.17. The fraction of sp³-hybridized carbons (Fsp3) is 0.0625. The van der Waals surface area contributed by atoms with Crippen LogP contribution in [-0.2, 0) is 10.0 Å². The Morgan fingerprint density at radius 1 is 1.08 bits per heavy atom. The lowest BCUT2D eigenvalue weighted by Crippen LogP contribution is -2.31. The standard InChI is InChI=1S/C16H13FN4O3S/c1-11-2-8-14(9-3-11)25(23,24)20-16(22)15-10-18-21(19-15)13-6-4-12(17)5-7-13/h2-10H,1H3,(H,20,22). The summed E-state index contributed by atoms with van der Waals surface area (Å²) in [6.45, 7) is 1.82. The van der Waals surface area contributed by atoms with Crippen molar-refractivity contribution in [2.45, 2.75) is 11.8 Å². The summed E-state index contributed by atoms with van der Waals surface area (Å²) in [5.41, 5.74) is 1.15. The summed E-state index contributed by atoms with van der Waals surface area (Å²) in [7, 11) is -4.01. The first kappa shape index (κ1) is 16.8. The van der Waals surface area contributed by atoms with Crippen LogP contribution in [-0.4, -0.2) is 29.3 Å². The van der Waals surface area contributed by atoms with Crippen molar-refractivity contribution < 1.29 is 17.6 Å². The van der Waals surface area contributed by atoms with Crippen molar-refractivity contribution in [1.29, 1.82) is 0 Å². The highest BCUT2D eigenvalue weighted by atomic mass is 32.2. The molecular formula is C16H13FN4O3S. The van der Waals surface area contributed by atoms with Crippen LogP contribution in [0.5, 0.6) is 0 Å². The van der Waals surface area contributed by atoms with Crippen molar-refractivity contribution in [1.82, 2.24) is 19.7 Å². The first-order chi connectivity index (χ1) is 11.8. The molecule has 0 bridgehead atoms. The molecular weight excluding hydrogens is 347 g/mol. The lowest BCUT2D eigenvalue weighted by Gasteiger charge is -2.05. The number of halogens is 1. The maximum Gasteiger partial charge on any atom is 0.287 e. The number of aryl methyl sites for hydroxylation is 1. The number of nitrogens with zero attached hydrogens (tertiary/aromatic N) is 3. The van der Waals surface area contributed by atoms with E-state index in [0.717, 1.165) is 16.6 Å². The molecule has 0 spiro atoms. The molecule has 1 amide bonds. The predicted octanol–water partition coefficient (Wildman–Crippen LogP) is 1.83. The van der Waals surface area contributed by atoms with E-state index in [1.165, 1.54) is 36.4 Å². The number of amides is 1. The van der Waals surface area contributed by atoms with Gasteiger partial charge in [0.05, 0.1) is 16.8 Å². The van der Waals surface area contributed by atoms with Crippen LogP contribution in [0.1, 0.15) is 16.1 Å². The minimum absolute atomic E-state index is 0.0302. The lowest BCUT2D eigenvalue weighted by atomic mass is 10.2. The molecule has 0 aliphatic heterocycles. The van der Waals surface area contributed by atoms with Gasteiger partial charge in [-0.25, -0.2) is 17.5 Å². The van der Waals surface area contributed by atoms with Gasteiger partial charge in [-0.3, -0.25) is 4.79 Å². The van der Waals surface area contributed by atoms with E-state index < -0.39 is 21.7 Å². The molecule has 128 valence electrons. The molecule has 9 heteroatoms. The molecule has 1 N–H and O–H groups in total. The molecule has 3 rings (SSSR count). The molecule has 0 saturated heterocycles. The molecule has 1 aromatic heterocycles. The van der Waals surface area contributed by atoms with E-state index >= 15 is 0 Å². The zero-order valence-corrected chi connectivity index (χ0v) is 13.9. The summed E-state index contributed by atoms with van der Waals surface area (Å²) in [5.74, 6) is -1.33. The van der Waals surface area contributed by atoms with Gasteiger partial charge in [-0.1, -0.05) is 17.7 Å². The van der Waals surface area contributed by atoms with Gasteiger partial charge in [0.2, 0.25) is 0 Å². The van der Waals surface area contributed by atoms with E-state index in [0.29, 0.717) is 5.69 Å². The smallest absolute Gasteiger partial charge is 0.266 e. The summed E-state index contributed by atoms with van der Waals surface area (Å²) < 4.78 is 39.3. The summed E-state index contributed by atoms with van der Waals surface area (Å²) >= 11 is 0. The van der Waals surface area contributed by atoms with Gasteiger partial charge in [0.1, 0.15) is 5.82 Å². The van der Waals surface area contributed by atoms with Crippen molar-refractivity contribution in [3.63, 3.8) is 0 Å². The second kappa shape index (κ2) is 6.44. The summed E-state index contributed by atoms with van der Waals surface area (Å²) in [6.07, 6.45) is 1.13. The van der Waals surface area contributed by atoms with Gasteiger partial charge in [0.15, 0.2) is 5.69 Å². The third-order valence-corrected chi connectivity index (χ3v) is 4.69. The lowest BCUT2D eigenvalue weighted by molar-refractivity contribution is 0.0976. The number of benzene rings is 2. The minimum Gasteiger partial charge on any atom is -0.266 e.